The first-order valence-corrected chi connectivity index (χ1v) is 9.53. The summed E-state index contributed by atoms with van der Waals surface area (Å²) in [5.74, 6) is 1.11. The van der Waals surface area contributed by atoms with Crippen LogP contribution in [-0.4, -0.2) is 85.0 Å². The van der Waals surface area contributed by atoms with Gasteiger partial charge in [0, 0.05) is 26.2 Å². The zero-order valence-corrected chi connectivity index (χ0v) is 14.9. The SMILES string of the molecule is CC1CCN(C(=O)CN2CCCCC2C(=O)N2CCOCC2)CC1. The first-order valence-electron chi connectivity index (χ1n) is 9.53. The number of carbonyl (C=O) groups excluding carboxylic acids is 2. The number of piperidine rings is 2. The quantitative estimate of drug-likeness (QED) is 0.770. The van der Waals surface area contributed by atoms with E-state index < -0.39 is 0 Å². The van der Waals surface area contributed by atoms with E-state index in [4.69, 9.17) is 4.74 Å². The Kier molecular flexibility index (Phi) is 6.11. The number of hydrogen-bond donors (Lipinski definition) is 0. The highest BCUT2D eigenvalue weighted by Crippen LogP contribution is 2.21. The summed E-state index contributed by atoms with van der Waals surface area (Å²) >= 11 is 0. The second kappa shape index (κ2) is 8.30. The largest absolute Gasteiger partial charge is 0.378 e. The van der Waals surface area contributed by atoms with Gasteiger partial charge in [0.05, 0.1) is 25.8 Å². The van der Waals surface area contributed by atoms with Gasteiger partial charge < -0.3 is 14.5 Å². The van der Waals surface area contributed by atoms with Crippen molar-refractivity contribution >= 4 is 11.8 Å². The van der Waals surface area contributed by atoms with Gasteiger partial charge in [-0.05, 0) is 38.1 Å². The van der Waals surface area contributed by atoms with E-state index >= 15 is 0 Å². The van der Waals surface area contributed by atoms with Crippen molar-refractivity contribution in [1.29, 1.82) is 0 Å². The molecule has 136 valence electrons. The fourth-order valence-electron chi connectivity index (χ4n) is 3.99. The Hall–Kier alpha value is -1.14. The molecule has 3 rings (SSSR count). The van der Waals surface area contributed by atoms with Crippen LogP contribution in [0, 0.1) is 5.92 Å². The fourth-order valence-corrected chi connectivity index (χ4v) is 3.99. The third-order valence-electron chi connectivity index (χ3n) is 5.70. The number of morpholine rings is 1. The smallest absolute Gasteiger partial charge is 0.240 e. The Morgan fingerprint density at radius 3 is 2.33 bits per heavy atom. The molecular formula is C18H31N3O3. The molecule has 1 unspecified atom stereocenters. The number of rotatable bonds is 3. The van der Waals surface area contributed by atoms with E-state index in [0.29, 0.717) is 32.8 Å². The fraction of sp³-hybridized carbons (Fsp3) is 0.889. The summed E-state index contributed by atoms with van der Waals surface area (Å²) in [7, 11) is 0. The van der Waals surface area contributed by atoms with Crippen LogP contribution in [0.2, 0.25) is 0 Å². The molecular weight excluding hydrogens is 306 g/mol. The Morgan fingerprint density at radius 2 is 1.62 bits per heavy atom. The molecule has 0 radical (unpaired) electrons. The Morgan fingerprint density at radius 1 is 0.917 bits per heavy atom. The van der Waals surface area contributed by atoms with Crippen LogP contribution in [-0.2, 0) is 14.3 Å². The maximum atomic E-state index is 12.9. The van der Waals surface area contributed by atoms with E-state index in [-0.39, 0.29) is 17.9 Å². The zero-order chi connectivity index (χ0) is 16.9. The van der Waals surface area contributed by atoms with Crippen LogP contribution < -0.4 is 0 Å². The van der Waals surface area contributed by atoms with E-state index in [1.807, 2.05) is 9.80 Å². The van der Waals surface area contributed by atoms with Crippen LogP contribution >= 0.6 is 0 Å². The van der Waals surface area contributed by atoms with Crippen LogP contribution in [0.25, 0.3) is 0 Å². The summed E-state index contributed by atoms with van der Waals surface area (Å²) < 4.78 is 5.35. The van der Waals surface area contributed by atoms with Crippen LogP contribution in [0.15, 0.2) is 0 Å². The second-order valence-electron chi connectivity index (χ2n) is 7.48. The van der Waals surface area contributed by atoms with Gasteiger partial charge in [0.15, 0.2) is 0 Å². The molecule has 6 heteroatoms. The first-order chi connectivity index (χ1) is 11.6. The highest BCUT2D eigenvalue weighted by atomic mass is 16.5. The molecule has 0 spiro atoms. The normalized spacial score (nSPS) is 27.3. The molecule has 3 heterocycles. The molecule has 3 aliphatic rings. The molecule has 0 N–H and O–H groups in total. The molecule has 0 aromatic heterocycles. The Balaban J connectivity index is 1.57. The van der Waals surface area contributed by atoms with Gasteiger partial charge in [0.1, 0.15) is 0 Å². The highest BCUT2D eigenvalue weighted by Gasteiger charge is 2.34. The van der Waals surface area contributed by atoms with Gasteiger partial charge >= 0.3 is 0 Å². The average Bonchev–Trinajstić information content (AvgIpc) is 2.63. The summed E-state index contributed by atoms with van der Waals surface area (Å²) in [6.45, 7) is 7.87. The molecule has 0 bridgehead atoms. The first kappa shape index (κ1) is 17.7. The monoisotopic (exact) mass is 337 g/mol. The number of likely N-dealkylation sites (tertiary alicyclic amines) is 2. The summed E-state index contributed by atoms with van der Waals surface area (Å²) in [4.78, 5) is 31.6. The van der Waals surface area contributed by atoms with Gasteiger partial charge in [0.2, 0.25) is 11.8 Å². The molecule has 0 aromatic rings. The summed E-state index contributed by atoms with van der Waals surface area (Å²) in [6, 6.07) is -0.121. The number of nitrogens with zero attached hydrogens (tertiary/aromatic N) is 3. The van der Waals surface area contributed by atoms with Crippen molar-refractivity contribution in [1.82, 2.24) is 14.7 Å². The lowest BCUT2D eigenvalue weighted by Crippen LogP contribution is -2.55. The van der Waals surface area contributed by atoms with Gasteiger partial charge in [-0.25, -0.2) is 0 Å². The molecule has 0 saturated carbocycles. The topological polar surface area (TPSA) is 53.1 Å². The van der Waals surface area contributed by atoms with Crippen molar-refractivity contribution in [3.05, 3.63) is 0 Å². The van der Waals surface area contributed by atoms with E-state index in [0.717, 1.165) is 57.7 Å². The lowest BCUT2D eigenvalue weighted by molar-refractivity contribution is -0.144. The molecule has 2 amide bonds. The molecule has 6 nitrogen and oxygen atoms in total. The molecule has 24 heavy (non-hydrogen) atoms. The molecule has 3 fully saturated rings. The van der Waals surface area contributed by atoms with E-state index in [2.05, 4.69) is 11.8 Å². The highest BCUT2D eigenvalue weighted by molar-refractivity contribution is 5.84. The maximum Gasteiger partial charge on any atom is 0.240 e. The second-order valence-corrected chi connectivity index (χ2v) is 7.48. The molecule has 1 atom stereocenters. The van der Waals surface area contributed by atoms with Gasteiger partial charge in [-0.2, -0.15) is 0 Å². The number of amides is 2. The van der Waals surface area contributed by atoms with Gasteiger partial charge in [-0.3, -0.25) is 14.5 Å². The van der Waals surface area contributed by atoms with Crippen molar-refractivity contribution in [3.63, 3.8) is 0 Å². The predicted octanol–water partition coefficient (Wildman–Crippen LogP) is 0.958. The zero-order valence-electron chi connectivity index (χ0n) is 14.9. The summed E-state index contributed by atoms with van der Waals surface area (Å²) in [5, 5.41) is 0. The standard InChI is InChI=1S/C18H31N3O3/c1-15-5-8-19(9-6-15)17(22)14-21-7-3-2-4-16(21)18(23)20-10-12-24-13-11-20/h15-16H,2-14H2,1H3. The maximum absolute atomic E-state index is 12.9. The third-order valence-corrected chi connectivity index (χ3v) is 5.70. The van der Waals surface area contributed by atoms with Crippen LogP contribution in [0.4, 0.5) is 0 Å². The van der Waals surface area contributed by atoms with Gasteiger partial charge in [0.25, 0.3) is 0 Å². The third kappa shape index (κ3) is 4.28. The van der Waals surface area contributed by atoms with E-state index in [9.17, 15) is 9.59 Å². The number of carbonyl (C=O) groups is 2. The van der Waals surface area contributed by atoms with Crippen LogP contribution in [0.1, 0.15) is 39.0 Å². The molecule has 0 aliphatic carbocycles. The summed E-state index contributed by atoms with van der Waals surface area (Å²) in [5.41, 5.74) is 0. The Labute approximate surface area is 145 Å². The van der Waals surface area contributed by atoms with Crippen LogP contribution in [0.3, 0.4) is 0 Å². The minimum Gasteiger partial charge on any atom is -0.378 e. The van der Waals surface area contributed by atoms with Crippen molar-refractivity contribution in [2.24, 2.45) is 5.92 Å². The lowest BCUT2D eigenvalue weighted by atomic mass is 9.98. The van der Waals surface area contributed by atoms with Crippen LogP contribution in [0.5, 0.6) is 0 Å². The van der Waals surface area contributed by atoms with E-state index in [1.165, 1.54) is 0 Å². The van der Waals surface area contributed by atoms with E-state index in [1.54, 1.807) is 0 Å². The van der Waals surface area contributed by atoms with Crippen molar-refractivity contribution in [2.75, 3.05) is 52.5 Å². The molecule has 3 saturated heterocycles. The summed E-state index contributed by atoms with van der Waals surface area (Å²) in [6.07, 6.45) is 5.23. The predicted molar refractivity (Wildman–Crippen MR) is 91.6 cm³/mol. The van der Waals surface area contributed by atoms with Crippen molar-refractivity contribution < 1.29 is 14.3 Å². The van der Waals surface area contributed by atoms with Crippen molar-refractivity contribution in [2.45, 2.75) is 45.1 Å². The minimum absolute atomic E-state index is 0.121. The number of hydrogen-bond acceptors (Lipinski definition) is 4. The van der Waals surface area contributed by atoms with Gasteiger partial charge in [-0.1, -0.05) is 13.3 Å². The number of ether oxygens (including phenoxy) is 1. The molecule has 0 aromatic carbocycles. The molecule has 3 aliphatic heterocycles. The average molecular weight is 337 g/mol. The Bertz CT molecular complexity index is 443. The van der Waals surface area contributed by atoms with Crippen molar-refractivity contribution in [3.8, 4) is 0 Å². The minimum atomic E-state index is -0.121. The van der Waals surface area contributed by atoms with Gasteiger partial charge in [-0.15, -0.1) is 0 Å². The lowest BCUT2D eigenvalue weighted by Gasteiger charge is -2.39.